The summed E-state index contributed by atoms with van der Waals surface area (Å²) in [5.41, 5.74) is 2.03. The van der Waals surface area contributed by atoms with Gasteiger partial charge in [0.15, 0.2) is 0 Å². The lowest BCUT2D eigenvalue weighted by molar-refractivity contribution is -0.123. The molecule has 0 atom stereocenters. The van der Waals surface area contributed by atoms with E-state index in [1.54, 1.807) is 24.3 Å². The first-order valence-corrected chi connectivity index (χ1v) is 8.61. The molecule has 1 aliphatic carbocycles. The van der Waals surface area contributed by atoms with Gasteiger partial charge < -0.3 is 16.0 Å². The maximum atomic E-state index is 11.9. The molecule has 2 aromatic carbocycles. The molecule has 0 saturated heterocycles. The van der Waals surface area contributed by atoms with Crippen molar-refractivity contribution in [1.82, 2.24) is 10.6 Å². The van der Waals surface area contributed by atoms with Gasteiger partial charge in [-0.25, -0.2) is 0 Å². The number of anilines is 1. The molecule has 3 rings (SSSR count). The number of nitrogens with one attached hydrogen (secondary N) is 3. The summed E-state index contributed by atoms with van der Waals surface area (Å²) in [7, 11) is 0. The third-order valence-corrected chi connectivity index (χ3v) is 4.00. The largest absolute Gasteiger partial charge is 0.349 e. The monoisotopic (exact) mass is 351 g/mol. The SMILES string of the molecule is O=C(Cc1ccccc1)NCC(=O)Nc1ccc(C(=O)NC2CC2)cc1. The van der Waals surface area contributed by atoms with E-state index in [-0.39, 0.29) is 30.7 Å². The molecule has 1 saturated carbocycles. The molecular formula is C20H21N3O3. The number of rotatable bonds is 7. The van der Waals surface area contributed by atoms with Crippen LogP contribution in [0.2, 0.25) is 0 Å². The first-order chi connectivity index (χ1) is 12.6. The van der Waals surface area contributed by atoms with E-state index in [1.807, 2.05) is 30.3 Å². The van der Waals surface area contributed by atoms with Gasteiger partial charge in [0, 0.05) is 17.3 Å². The average Bonchev–Trinajstić information content (AvgIpc) is 3.45. The molecule has 3 N–H and O–H groups in total. The lowest BCUT2D eigenvalue weighted by atomic mass is 10.1. The second-order valence-corrected chi connectivity index (χ2v) is 6.31. The normalized spacial score (nSPS) is 12.9. The third-order valence-electron chi connectivity index (χ3n) is 4.00. The van der Waals surface area contributed by atoms with Crippen LogP contribution in [0.4, 0.5) is 5.69 Å². The highest BCUT2D eigenvalue weighted by atomic mass is 16.2. The van der Waals surface area contributed by atoms with Gasteiger partial charge >= 0.3 is 0 Å². The van der Waals surface area contributed by atoms with Crippen LogP contribution in [0.15, 0.2) is 54.6 Å². The van der Waals surface area contributed by atoms with E-state index in [1.165, 1.54) is 0 Å². The van der Waals surface area contributed by atoms with Gasteiger partial charge in [-0.3, -0.25) is 14.4 Å². The van der Waals surface area contributed by atoms with Gasteiger partial charge in [0.1, 0.15) is 0 Å². The van der Waals surface area contributed by atoms with E-state index < -0.39 is 0 Å². The minimum Gasteiger partial charge on any atom is -0.349 e. The molecule has 0 aliphatic heterocycles. The topological polar surface area (TPSA) is 87.3 Å². The zero-order valence-corrected chi connectivity index (χ0v) is 14.3. The standard InChI is InChI=1S/C20H21N3O3/c24-18(12-14-4-2-1-3-5-14)21-13-19(25)22-16-8-6-15(7-9-16)20(26)23-17-10-11-17/h1-9,17H,10-13H2,(H,21,24)(H,22,25)(H,23,26). The van der Waals surface area contributed by atoms with Gasteiger partial charge in [-0.2, -0.15) is 0 Å². The molecule has 0 aromatic heterocycles. The Morgan fingerprint density at radius 1 is 0.885 bits per heavy atom. The number of carbonyl (C=O) groups is 3. The molecule has 26 heavy (non-hydrogen) atoms. The van der Waals surface area contributed by atoms with Crippen molar-refractivity contribution < 1.29 is 14.4 Å². The smallest absolute Gasteiger partial charge is 0.251 e. The molecule has 134 valence electrons. The van der Waals surface area contributed by atoms with Crippen molar-refractivity contribution in [2.45, 2.75) is 25.3 Å². The van der Waals surface area contributed by atoms with Gasteiger partial charge in [-0.15, -0.1) is 0 Å². The lowest BCUT2D eigenvalue weighted by Crippen LogP contribution is -2.33. The zero-order chi connectivity index (χ0) is 18.4. The molecule has 6 heteroatoms. The summed E-state index contributed by atoms with van der Waals surface area (Å²) in [5, 5.41) is 8.20. The predicted octanol–water partition coefficient (Wildman–Crippen LogP) is 1.88. The van der Waals surface area contributed by atoms with E-state index >= 15 is 0 Å². The Labute approximate surface area is 152 Å². The van der Waals surface area contributed by atoms with Crippen molar-refractivity contribution in [2.24, 2.45) is 0 Å². The zero-order valence-electron chi connectivity index (χ0n) is 14.3. The summed E-state index contributed by atoms with van der Waals surface area (Å²) in [5.74, 6) is -0.626. The molecule has 3 amide bonds. The second-order valence-electron chi connectivity index (χ2n) is 6.31. The van der Waals surface area contributed by atoms with Crippen molar-refractivity contribution >= 4 is 23.4 Å². The molecule has 0 spiro atoms. The Morgan fingerprint density at radius 3 is 2.23 bits per heavy atom. The van der Waals surface area contributed by atoms with Gasteiger partial charge in [-0.05, 0) is 42.7 Å². The molecule has 0 unspecified atom stereocenters. The van der Waals surface area contributed by atoms with Gasteiger partial charge in [-0.1, -0.05) is 30.3 Å². The Bertz CT molecular complexity index is 784. The van der Waals surface area contributed by atoms with Crippen LogP contribution < -0.4 is 16.0 Å². The molecule has 0 heterocycles. The van der Waals surface area contributed by atoms with E-state index in [4.69, 9.17) is 0 Å². The lowest BCUT2D eigenvalue weighted by Gasteiger charge is -2.08. The van der Waals surface area contributed by atoms with Crippen LogP contribution in [0.25, 0.3) is 0 Å². The molecule has 0 bridgehead atoms. The fraction of sp³-hybridized carbons (Fsp3) is 0.250. The van der Waals surface area contributed by atoms with Crippen molar-refractivity contribution in [2.75, 3.05) is 11.9 Å². The van der Waals surface area contributed by atoms with E-state index in [2.05, 4.69) is 16.0 Å². The summed E-state index contributed by atoms with van der Waals surface area (Å²) in [4.78, 5) is 35.7. The van der Waals surface area contributed by atoms with Crippen molar-refractivity contribution in [3.63, 3.8) is 0 Å². The highest BCUT2D eigenvalue weighted by molar-refractivity contribution is 5.97. The summed E-state index contributed by atoms with van der Waals surface area (Å²) < 4.78 is 0. The van der Waals surface area contributed by atoms with Crippen LogP contribution >= 0.6 is 0 Å². The van der Waals surface area contributed by atoms with Gasteiger partial charge in [0.25, 0.3) is 5.91 Å². The van der Waals surface area contributed by atoms with Crippen LogP contribution in [0.5, 0.6) is 0 Å². The highest BCUT2D eigenvalue weighted by Crippen LogP contribution is 2.19. The molecule has 1 aliphatic rings. The van der Waals surface area contributed by atoms with Crippen LogP contribution in [0.3, 0.4) is 0 Å². The van der Waals surface area contributed by atoms with E-state index in [0.717, 1.165) is 18.4 Å². The van der Waals surface area contributed by atoms with Crippen LogP contribution in [0, 0.1) is 0 Å². The molecule has 1 fully saturated rings. The number of hydrogen-bond donors (Lipinski definition) is 3. The Hall–Kier alpha value is -3.15. The number of benzene rings is 2. The summed E-state index contributed by atoms with van der Waals surface area (Å²) in [6.45, 7) is -0.102. The molecule has 6 nitrogen and oxygen atoms in total. The maximum Gasteiger partial charge on any atom is 0.251 e. The Morgan fingerprint density at radius 2 is 1.58 bits per heavy atom. The van der Waals surface area contributed by atoms with Crippen LogP contribution in [-0.2, 0) is 16.0 Å². The van der Waals surface area contributed by atoms with Crippen LogP contribution in [-0.4, -0.2) is 30.3 Å². The van der Waals surface area contributed by atoms with Gasteiger partial charge in [0.05, 0.1) is 13.0 Å². The first kappa shape index (κ1) is 17.7. The summed E-state index contributed by atoms with van der Waals surface area (Å²) in [6, 6.07) is 16.3. The van der Waals surface area contributed by atoms with Gasteiger partial charge in [0.2, 0.25) is 11.8 Å². The van der Waals surface area contributed by atoms with Crippen molar-refractivity contribution in [1.29, 1.82) is 0 Å². The Kier molecular flexibility index (Phi) is 5.63. The van der Waals surface area contributed by atoms with E-state index in [0.29, 0.717) is 17.3 Å². The average molecular weight is 351 g/mol. The Balaban J connectivity index is 1.42. The quantitative estimate of drug-likeness (QED) is 0.712. The predicted molar refractivity (Wildman–Crippen MR) is 98.7 cm³/mol. The number of carbonyl (C=O) groups excluding carboxylic acids is 3. The minimum atomic E-state index is -0.318. The number of hydrogen-bond acceptors (Lipinski definition) is 3. The summed E-state index contributed by atoms with van der Waals surface area (Å²) in [6.07, 6.45) is 2.31. The minimum absolute atomic E-state index is 0.0986. The third kappa shape index (κ3) is 5.44. The molecular weight excluding hydrogens is 330 g/mol. The van der Waals surface area contributed by atoms with Crippen molar-refractivity contribution in [3.05, 3.63) is 65.7 Å². The molecule has 2 aromatic rings. The number of amides is 3. The fourth-order valence-corrected chi connectivity index (χ4v) is 2.43. The fourth-order valence-electron chi connectivity index (χ4n) is 2.43. The molecule has 0 radical (unpaired) electrons. The highest BCUT2D eigenvalue weighted by Gasteiger charge is 2.23. The van der Waals surface area contributed by atoms with E-state index in [9.17, 15) is 14.4 Å². The summed E-state index contributed by atoms with van der Waals surface area (Å²) >= 11 is 0. The van der Waals surface area contributed by atoms with Crippen LogP contribution in [0.1, 0.15) is 28.8 Å². The maximum absolute atomic E-state index is 11.9. The van der Waals surface area contributed by atoms with Crippen molar-refractivity contribution in [3.8, 4) is 0 Å². The first-order valence-electron chi connectivity index (χ1n) is 8.61. The second kappa shape index (κ2) is 8.29.